The van der Waals surface area contributed by atoms with Gasteiger partial charge in [0.2, 0.25) is 0 Å². The molecular formula is C18H15FO4. The fourth-order valence-electron chi connectivity index (χ4n) is 2.36. The SMILES string of the molecule is Oc1cccc(C(O)c2ccc(Cc3ccc(F)cc3)o2)c1O. The van der Waals surface area contributed by atoms with Gasteiger partial charge in [-0.15, -0.1) is 0 Å². The Morgan fingerprint density at radius 1 is 0.957 bits per heavy atom. The predicted molar refractivity (Wildman–Crippen MR) is 81.7 cm³/mol. The van der Waals surface area contributed by atoms with Crippen molar-refractivity contribution >= 4 is 0 Å². The van der Waals surface area contributed by atoms with Gasteiger partial charge in [0, 0.05) is 12.0 Å². The molecule has 1 atom stereocenters. The van der Waals surface area contributed by atoms with E-state index in [2.05, 4.69) is 0 Å². The van der Waals surface area contributed by atoms with E-state index >= 15 is 0 Å². The zero-order valence-electron chi connectivity index (χ0n) is 12.1. The number of benzene rings is 2. The normalized spacial score (nSPS) is 12.3. The molecule has 3 aromatic rings. The number of hydrogen-bond donors (Lipinski definition) is 3. The summed E-state index contributed by atoms with van der Waals surface area (Å²) in [7, 11) is 0. The van der Waals surface area contributed by atoms with Gasteiger partial charge in [-0.1, -0.05) is 24.3 Å². The second-order valence-electron chi connectivity index (χ2n) is 5.22. The number of para-hydroxylation sites is 1. The van der Waals surface area contributed by atoms with Crippen molar-refractivity contribution in [1.82, 2.24) is 0 Å². The summed E-state index contributed by atoms with van der Waals surface area (Å²) in [5.41, 5.74) is 1.04. The topological polar surface area (TPSA) is 73.8 Å². The molecule has 1 heterocycles. The Labute approximate surface area is 132 Å². The van der Waals surface area contributed by atoms with Gasteiger partial charge in [-0.05, 0) is 35.9 Å². The van der Waals surface area contributed by atoms with Crippen molar-refractivity contribution in [3.8, 4) is 11.5 Å². The fraction of sp³-hybridized carbons (Fsp3) is 0.111. The van der Waals surface area contributed by atoms with Gasteiger partial charge in [-0.25, -0.2) is 4.39 Å². The number of rotatable bonds is 4. The Morgan fingerprint density at radius 3 is 2.43 bits per heavy atom. The first-order valence-corrected chi connectivity index (χ1v) is 7.06. The van der Waals surface area contributed by atoms with Crippen molar-refractivity contribution in [2.75, 3.05) is 0 Å². The van der Waals surface area contributed by atoms with Gasteiger partial charge < -0.3 is 19.7 Å². The fourth-order valence-corrected chi connectivity index (χ4v) is 2.36. The Morgan fingerprint density at radius 2 is 1.70 bits per heavy atom. The monoisotopic (exact) mass is 314 g/mol. The standard InChI is InChI=1S/C18H15FO4/c19-12-6-4-11(5-7-12)10-13-8-9-16(23-13)18(22)14-2-1-3-15(20)17(14)21/h1-9,18,20-22H,10H2. The minimum absolute atomic E-state index is 0.160. The average Bonchev–Trinajstić information content (AvgIpc) is 3.00. The summed E-state index contributed by atoms with van der Waals surface area (Å²) < 4.78 is 18.5. The third-order valence-electron chi connectivity index (χ3n) is 3.58. The molecule has 0 aliphatic carbocycles. The zero-order chi connectivity index (χ0) is 16.4. The van der Waals surface area contributed by atoms with Crippen LogP contribution in [0.25, 0.3) is 0 Å². The maximum Gasteiger partial charge on any atom is 0.163 e. The molecule has 0 amide bonds. The number of halogens is 1. The van der Waals surface area contributed by atoms with Gasteiger partial charge in [0.15, 0.2) is 11.5 Å². The van der Waals surface area contributed by atoms with Crippen molar-refractivity contribution < 1.29 is 24.1 Å². The molecule has 0 aliphatic heterocycles. The molecule has 118 valence electrons. The van der Waals surface area contributed by atoms with Crippen LogP contribution in [0, 0.1) is 5.82 Å². The number of furan rings is 1. The summed E-state index contributed by atoms with van der Waals surface area (Å²) in [5, 5.41) is 29.6. The van der Waals surface area contributed by atoms with Crippen molar-refractivity contribution in [3.05, 3.63) is 83.1 Å². The molecule has 2 aromatic carbocycles. The van der Waals surface area contributed by atoms with E-state index in [4.69, 9.17) is 4.42 Å². The molecule has 23 heavy (non-hydrogen) atoms. The van der Waals surface area contributed by atoms with Crippen LogP contribution in [-0.2, 0) is 6.42 Å². The molecule has 3 N–H and O–H groups in total. The summed E-state index contributed by atoms with van der Waals surface area (Å²) in [4.78, 5) is 0. The van der Waals surface area contributed by atoms with Crippen LogP contribution in [0.3, 0.4) is 0 Å². The summed E-state index contributed by atoms with van der Waals surface area (Å²) >= 11 is 0. The van der Waals surface area contributed by atoms with E-state index in [1.54, 1.807) is 24.3 Å². The van der Waals surface area contributed by atoms with Crippen LogP contribution in [0.4, 0.5) is 4.39 Å². The van der Waals surface area contributed by atoms with Crippen molar-refractivity contribution in [1.29, 1.82) is 0 Å². The highest BCUT2D eigenvalue weighted by Crippen LogP contribution is 2.36. The first kappa shape index (κ1) is 15.1. The highest BCUT2D eigenvalue weighted by atomic mass is 19.1. The Bertz CT molecular complexity index is 808. The van der Waals surface area contributed by atoms with Crippen LogP contribution in [0.5, 0.6) is 11.5 Å². The third kappa shape index (κ3) is 3.19. The summed E-state index contributed by atoms with van der Waals surface area (Å²) in [6, 6.07) is 13.7. The van der Waals surface area contributed by atoms with Crippen LogP contribution in [0.1, 0.15) is 28.8 Å². The average molecular weight is 314 g/mol. The molecule has 4 nitrogen and oxygen atoms in total. The van der Waals surface area contributed by atoms with Gasteiger partial charge in [0.05, 0.1) is 0 Å². The molecule has 0 aliphatic rings. The minimum Gasteiger partial charge on any atom is -0.504 e. The van der Waals surface area contributed by atoms with Crippen LogP contribution >= 0.6 is 0 Å². The lowest BCUT2D eigenvalue weighted by Crippen LogP contribution is -1.98. The highest BCUT2D eigenvalue weighted by Gasteiger charge is 2.20. The van der Waals surface area contributed by atoms with E-state index in [9.17, 15) is 19.7 Å². The summed E-state index contributed by atoms with van der Waals surface area (Å²) in [5.74, 6) is -0.131. The first-order chi connectivity index (χ1) is 11.0. The number of phenolic OH excluding ortho intramolecular Hbond substituents is 2. The maximum absolute atomic E-state index is 12.9. The number of phenols is 2. The molecule has 0 fully saturated rings. The van der Waals surface area contributed by atoms with Gasteiger partial charge in [0.25, 0.3) is 0 Å². The zero-order valence-corrected chi connectivity index (χ0v) is 12.1. The molecule has 0 saturated heterocycles. The van der Waals surface area contributed by atoms with Crippen LogP contribution < -0.4 is 0 Å². The molecule has 1 unspecified atom stereocenters. The highest BCUT2D eigenvalue weighted by molar-refractivity contribution is 5.47. The van der Waals surface area contributed by atoms with Gasteiger partial charge >= 0.3 is 0 Å². The molecule has 1 aromatic heterocycles. The van der Waals surface area contributed by atoms with E-state index in [-0.39, 0.29) is 28.6 Å². The van der Waals surface area contributed by atoms with Crippen molar-refractivity contribution in [2.45, 2.75) is 12.5 Å². The third-order valence-corrected chi connectivity index (χ3v) is 3.58. The molecule has 0 radical (unpaired) electrons. The number of aromatic hydroxyl groups is 2. The van der Waals surface area contributed by atoms with Gasteiger partial charge in [0.1, 0.15) is 23.4 Å². The van der Waals surface area contributed by atoms with E-state index in [1.165, 1.54) is 30.3 Å². The molecule has 0 spiro atoms. The van der Waals surface area contributed by atoms with E-state index < -0.39 is 6.10 Å². The number of hydrogen-bond acceptors (Lipinski definition) is 4. The lowest BCUT2D eigenvalue weighted by atomic mass is 10.1. The van der Waals surface area contributed by atoms with Gasteiger partial charge in [-0.2, -0.15) is 0 Å². The second kappa shape index (κ2) is 6.14. The first-order valence-electron chi connectivity index (χ1n) is 7.06. The lowest BCUT2D eigenvalue weighted by Gasteiger charge is -2.11. The molecule has 3 rings (SSSR count). The van der Waals surface area contributed by atoms with Crippen LogP contribution in [-0.4, -0.2) is 15.3 Å². The predicted octanol–water partition coefficient (Wildman–Crippen LogP) is 3.50. The maximum atomic E-state index is 12.9. The quantitative estimate of drug-likeness (QED) is 0.644. The van der Waals surface area contributed by atoms with Crippen molar-refractivity contribution in [2.24, 2.45) is 0 Å². The number of aliphatic hydroxyl groups is 1. The largest absolute Gasteiger partial charge is 0.504 e. The van der Waals surface area contributed by atoms with Gasteiger partial charge in [-0.3, -0.25) is 0 Å². The molecular weight excluding hydrogens is 299 g/mol. The molecule has 0 bridgehead atoms. The Hall–Kier alpha value is -2.79. The summed E-state index contributed by atoms with van der Waals surface area (Å²) in [6.07, 6.45) is -0.733. The van der Waals surface area contributed by atoms with E-state index in [0.29, 0.717) is 12.2 Å². The van der Waals surface area contributed by atoms with Crippen LogP contribution in [0.15, 0.2) is 59.0 Å². The minimum atomic E-state index is -1.19. The Balaban J connectivity index is 1.81. The Kier molecular flexibility index (Phi) is 4.04. The molecule has 0 saturated carbocycles. The second-order valence-corrected chi connectivity index (χ2v) is 5.22. The summed E-state index contributed by atoms with van der Waals surface area (Å²) in [6.45, 7) is 0. The van der Waals surface area contributed by atoms with Crippen LogP contribution in [0.2, 0.25) is 0 Å². The number of aliphatic hydroxyl groups excluding tert-OH is 1. The smallest absolute Gasteiger partial charge is 0.163 e. The van der Waals surface area contributed by atoms with Crippen molar-refractivity contribution in [3.63, 3.8) is 0 Å². The van der Waals surface area contributed by atoms with E-state index in [0.717, 1.165) is 5.56 Å². The molecule has 5 heteroatoms. The van der Waals surface area contributed by atoms with E-state index in [1.807, 2.05) is 0 Å². The lowest BCUT2D eigenvalue weighted by molar-refractivity contribution is 0.182.